The molecule has 1 saturated heterocycles. The summed E-state index contributed by atoms with van der Waals surface area (Å²) in [5, 5.41) is 34.6. The van der Waals surface area contributed by atoms with E-state index in [0.717, 1.165) is 6.33 Å². The maximum Gasteiger partial charge on any atom is 0.305 e. The largest absolute Gasteiger partial charge is 0.463 e. The highest BCUT2D eigenvalue weighted by Crippen LogP contribution is 2.40. The first kappa shape index (κ1) is 18.1. The van der Waals surface area contributed by atoms with Crippen LogP contribution in [0.3, 0.4) is 0 Å². The van der Waals surface area contributed by atoms with Crippen LogP contribution in [0.4, 0.5) is 5.82 Å². The number of nitrogens with two attached hydrogens (primary N) is 1. The third-order valence-corrected chi connectivity index (χ3v) is 4.31. The Hall–Kier alpha value is -2.68. The summed E-state index contributed by atoms with van der Waals surface area (Å²) in [5.41, 5.74) is 4.33. The fourth-order valence-corrected chi connectivity index (χ4v) is 2.95. The van der Waals surface area contributed by atoms with Crippen molar-refractivity contribution in [3.63, 3.8) is 0 Å². The van der Waals surface area contributed by atoms with Crippen LogP contribution in [0, 0.1) is 11.3 Å². The molecule has 3 heterocycles. The molecule has 4 N–H and O–H groups in total. The van der Waals surface area contributed by atoms with E-state index in [1.165, 1.54) is 10.6 Å². The van der Waals surface area contributed by atoms with Crippen molar-refractivity contribution in [1.82, 2.24) is 14.6 Å². The fraction of sp³-hybridized carbons (Fsp3) is 0.467. The van der Waals surface area contributed by atoms with Crippen molar-refractivity contribution >= 4 is 30.6 Å². The number of hydrogen-bond acceptors (Lipinski definition) is 9. The van der Waals surface area contributed by atoms with Gasteiger partial charge >= 0.3 is 5.97 Å². The maximum atomic E-state index is 11.3. The number of esters is 1. The number of aliphatic hydroxyl groups excluding tert-OH is 2. The van der Waals surface area contributed by atoms with Crippen LogP contribution >= 0.6 is 0 Å². The van der Waals surface area contributed by atoms with Gasteiger partial charge in [0.25, 0.3) is 0 Å². The topological polar surface area (TPSA) is 156 Å². The summed E-state index contributed by atoms with van der Waals surface area (Å²) in [6.45, 7) is 1.30. The number of carbonyl (C=O) groups excluding carboxylic acids is 1. The molecular weight excluding hydrogens is 341 g/mol. The quantitative estimate of drug-likeness (QED) is 0.412. The number of nitrogen functional groups attached to an aromatic ring is 1. The van der Waals surface area contributed by atoms with Crippen molar-refractivity contribution in [1.29, 1.82) is 5.26 Å². The van der Waals surface area contributed by atoms with E-state index in [9.17, 15) is 20.3 Å². The number of nitriles is 1. The number of fused-ring (bicyclic) bond motifs is 1. The summed E-state index contributed by atoms with van der Waals surface area (Å²) in [4.78, 5) is 15.2. The second-order valence-corrected chi connectivity index (χ2v) is 5.87. The molecule has 0 bridgehead atoms. The lowest BCUT2D eigenvalue weighted by atomic mass is 9.90. The normalized spacial score (nSPS) is 28.2. The Balaban J connectivity index is 2.04. The maximum absolute atomic E-state index is 11.3. The molecule has 1 aliphatic heterocycles. The molecule has 0 aromatic carbocycles. The van der Waals surface area contributed by atoms with Gasteiger partial charge in [-0.25, -0.2) is 9.50 Å². The minimum Gasteiger partial charge on any atom is -0.463 e. The minimum absolute atomic E-state index is 0.0810. The Bertz CT molecular complexity index is 896. The van der Waals surface area contributed by atoms with Crippen molar-refractivity contribution in [2.45, 2.75) is 37.3 Å². The van der Waals surface area contributed by atoms with E-state index in [1.807, 2.05) is 6.07 Å². The molecule has 0 aliphatic carbocycles. The van der Waals surface area contributed by atoms with Gasteiger partial charge in [0.15, 0.2) is 5.82 Å². The van der Waals surface area contributed by atoms with Crippen LogP contribution in [-0.2, 0) is 19.9 Å². The van der Waals surface area contributed by atoms with Crippen LogP contribution < -0.4 is 11.2 Å². The Morgan fingerprint density at radius 3 is 3.00 bits per heavy atom. The molecule has 0 amide bonds. The SMILES string of the molecule is [B]c1cc([C@]2(C#N)O[C@H](COC(=O)CC)[C@@H](O)[C@H]2O)n2ncnc(N)c12. The predicted octanol–water partition coefficient (Wildman–Crippen LogP) is -2.10. The molecule has 11 heteroatoms. The summed E-state index contributed by atoms with van der Waals surface area (Å²) in [6, 6.07) is 3.26. The number of carbonyl (C=O) groups is 1. The molecule has 10 nitrogen and oxygen atoms in total. The third-order valence-electron chi connectivity index (χ3n) is 4.31. The molecule has 2 aromatic heterocycles. The second kappa shape index (κ2) is 6.56. The van der Waals surface area contributed by atoms with Gasteiger partial charge < -0.3 is 25.4 Å². The van der Waals surface area contributed by atoms with E-state index in [2.05, 4.69) is 10.1 Å². The zero-order valence-electron chi connectivity index (χ0n) is 13.9. The van der Waals surface area contributed by atoms with Gasteiger partial charge in [0.1, 0.15) is 50.7 Å². The van der Waals surface area contributed by atoms with Crippen LogP contribution in [0.5, 0.6) is 0 Å². The zero-order valence-corrected chi connectivity index (χ0v) is 13.9. The molecule has 1 aliphatic rings. The number of anilines is 1. The highest BCUT2D eigenvalue weighted by Gasteiger charge is 2.58. The molecule has 3 rings (SSSR count). The van der Waals surface area contributed by atoms with Crippen LogP contribution in [0.15, 0.2) is 12.4 Å². The van der Waals surface area contributed by atoms with Crippen LogP contribution in [0.25, 0.3) is 5.52 Å². The number of rotatable bonds is 4. The predicted molar refractivity (Wildman–Crippen MR) is 88.2 cm³/mol. The van der Waals surface area contributed by atoms with Gasteiger partial charge in [0.05, 0.1) is 5.69 Å². The first-order chi connectivity index (χ1) is 12.4. The molecule has 2 aromatic rings. The highest BCUT2D eigenvalue weighted by molar-refractivity contribution is 6.37. The molecule has 26 heavy (non-hydrogen) atoms. The smallest absolute Gasteiger partial charge is 0.305 e. The number of aromatic nitrogens is 3. The number of nitrogens with zero attached hydrogens (tertiary/aromatic N) is 4. The van der Waals surface area contributed by atoms with Crippen LogP contribution in [-0.4, -0.2) is 63.5 Å². The summed E-state index contributed by atoms with van der Waals surface area (Å²) in [5.74, 6) is -0.416. The van der Waals surface area contributed by atoms with Gasteiger partial charge in [-0.05, 0) is 6.07 Å². The van der Waals surface area contributed by atoms with Crippen LogP contribution in [0.1, 0.15) is 19.0 Å². The molecule has 134 valence electrons. The molecule has 0 saturated carbocycles. The number of aliphatic hydroxyl groups is 2. The van der Waals surface area contributed by atoms with Crippen LogP contribution in [0.2, 0.25) is 0 Å². The molecule has 1 fully saturated rings. The van der Waals surface area contributed by atoms with Gasteiger partial charge in [0, 0.05) is 6.42 Å². The van der Waals surface area contributed by atoms with Gasteiger partial charge in [0.2, 0.25) is 5.60 Å². The Morgan fingerprint density at radius 2 is 2.35 bits per heavy atom. The highest BCUT2D eigenvalue weighted by atomic mass is 16.6. The first-order valence-corrected chi connectivity index (χ1v) is 7.84. The monoisotopic (exact) mass is 357 g/mol. The van der Waals surface area contributed by atoms with E-state index in [4.69, 9.17) is 23.1 Å². The molecular formula is C15H16BN5O5. The van der Waals surface area contributed by atoms with E-state index < -0.39 is 29.9 Å². The average Bonchev–Trinajstić information content (AvgIpc) is 3.10. The van der Waals surface area contributed by atoms with Gasteiger partial charge in [-0.15, -0.1) is 0 Å². The summed E-state index contributed by atoms with van der Waals surface area (Å²) in [6.07, 6.45) is -2.90. The second-order valence-electron chi connectivity index (χ2n) is 5.87. The number of ether oxygens (including phenoxy) is 2. The van der Waals surface area contributed by atoms with Gasteiger partial charge in [-0.3, -0.25) is 4.79 Å². The van der Waals surface area contributed by atoms with Gasteiger partial charge in [-0.1, -0.05) is 12.4 Å². The molecule has 4 atom stereocenters. The third kappa shape index (κ3) is 2.59. The Morgan fingerprint density at radius 1 is 1.62 bits per heavy atom. The average molecular weight is 357 g/mol. The lowest BCUT2D eigenvalue weighted by Crippen LogP contribution is -2.41. The fourth-order valence-electron chi connectivity index (χ4n) is 2.95. The van der Waals surface area contributed by atoms with E-state index in [0.29, 0.717) is 0 Å². The van der Waals surface area contributed by atoms with Crippen molar-refractivity contribution in [2.24, 2.45) is 0 Å². The van der Waals surface area contributed by atoms with Crippen molar-refractivity contribution < 1.29 is 24.5 Å². The lowest BCUT2D eigenvalue weighted by Gasteiger charge is -2.24. The summed E-state index contributed by atoms with van der Waals surface area (Å²) >= 11 is 0. The minimum atomic E-state index is -1.98. The molecule has 0 spiro atoms. The lowest BCUT2D eigenvalue weighted by molar-refractivity contribution is -0.150. The zero-order chi connectivity index (χ0) is 19.1. The van der Waals surface area contributed by atoms with Gasteiger partial charge in [-0.2, -0.15) is 10.4 Å². The van der Waals surface area contributed by atoms with Crippen molar-refractivity contribution in [2.75, 3.05) is 12.3 Å². The molecule has 0 unspecified atom stereocenters. The number of hydrogen-bond donors (Lipinski definition) is 3. The van der Waals surface area contributed by atoms with Crippen molar-refractivity contribution in [3.05, 3.63) is 18.1 Å². The van der Waals surface area contributed by atoms with E-state index >= 15 is 0 Å². The Kier molecular flexibility index (Phi) is 4.58. The Labute approximate surface area is 149 Å². The summed E-state index contributed by atoms with van der Waals surface area (Å²) < 4.78 is 11.8. The standard InChI is InChI=1S/C15H16BN5O5/c1-2-10(22)25-4-8-12(23)13(24)15(5-17,26-8)9-3-7(16)11-14(18)19-6-20-21(9)11/h3,6,8,12-13,23-24H,2,4H2,1H3,(H2,18,19,20)/t8-,12-,13-,15+/m1/s1. The summed E-state index contributed by atoms with van der Waals surface area (Å²) in [7, 11) is 5.93. The first-order valence-electron chi connectivity index (χ1n) is 7.84. The van der Waals surface area contributed by atoms with Crippen molar-refractivity contribution in [3.8, 4) is 6.07 Å². The van der Waals surface area contributed by atoms with E-state index in [1.54, 1.807) is 6.92 Å². The van der Waals surface area contributed by atoms with E-state index in [-0.39, 0.29) is 35.5 Å². The molecule has 2 radical (unpaired) electrons.